The van der Waals surface area contributed by atoms with Crippen LogP contribution in [-0.2, 0) is 0 Å². The summed E-state index contributed by atoms with van der Waals surface area (Å²) in [6.07, 6.45) is 1.11. The molecule has 0 amide bonds. The minimum Gasteiger partial charge on any atom is -0.309 e. The van der Waals surface area contributed by atoms with Crippen molar-refractivity contribution < 1.29 is 4.39 Å². The van der Waals surface area contributed by atoms with Crippen molar-refractivity contribution in [2.45, 2.75) is 19.4 Å². The van der Waals surface area contributed by atoms with Crippen LogP contribution in [0, 0.1) is 12.7 Å². The zero-order valence-corrected chi connectivity index (χ0v) is 6.97. The maximum Gasteiger partial charge on any atom is 0.144 e. The molecule has 64 valence electrons. The van der Waals surface area contributed by atoms with E-state index >= 15 is 0 Å². The molecule has 0 radical (unpaired) electrons. The Kier molecular flexibility index (Phi) is 1.81. The van der Waals surface area contributed by atoms with E-state index in [1.807, 2.05) is 0 Å². The van der Waals surface area contributed by atoms with Crippen molar-refractivity contribution in [2.24, 2.45) is 0 Å². The molecule has 1 aromatic rings. The number of nitrogens with zero attached hydrogens (tertiary/aromatic N) is 1. The zero-order valence-electron chi connectivity index (χ0n) is 6.97. The minimum absolute atomic E-state index is 0.224. The molecule has 0 bridgehead atoms. The van der Waals surface area contributed by atoms with Crippen LogP contribution in [0.2, 0.25) is 0 Å². The Balaban J connectivity index is 2.27. The molecule has 2 nitrogen and oxygen atoms in total. The van der Waals surface area contributed by atoms with Crippen molar-refractivity contribution >= 4 is 0 Å². The van der Waals surface area contributed by atoms with Gasteiger partial charge in [-0.25, -0.2) is 4.39 Å². The summed E-state index contributed by atoms with van der Waals surface area (Å²) in [4.78, 5) is 4.16. The van der Waals surface area contributed by atoms with Gasteiger partial charge in [-0.3, -0.25) is 4.98 Å². The van der Waals surface area contributed by atoms with Gasteiger partial charge in [0.05, 0.1) is 17.4 Å². The molecule has 1 aliphatic rings. The molecule has 1 atom stereocenters. The molecule has 2 rings (SSSR count). The van der Waals surface area contributed by atoms with Gasteiger partial charge < -0.3 is 5.32 Å². The number of rotatable bonds is 1. The Hall–Kier alpha value is -0.960. The van der Waals surface area contributed by atoms with Gasteiger partial charge in [-0.15, -0.1) is 0 Å². The Morgan fingerprint density at radius 2 is 2.33 bits per heavy atom. The average molecular weight is 166 g/mol. The van der Waals surface area contributed by atoms with E-state index in [0.29, 0.717) is 11.7 Å². The number of nitrogens with one attached hydrogen (secondary N) is 1. The normalized spacial score (nSPS) is 22.0. The summed E-state index contributed by atoms with van der Waals surface area (Å²) < 4.78 is 12.8. The van der Waals surface area contributed by atoms with E-state index in [0.717, 1.165) is 18.7 Å². The van der Waals surface area contributed by atoms with Crippen LogP contribution in [0.4, 0.5) is 4.39 Å². The highest BCUT2D eigenvalue weighted by atomic mass is 19.1. The maximum absolute atomic E-state index is 12.8. The van der Waals surface area contributed by atoms with Crippen LogP contribution in [0.15, 0.2) is 12.1 Å². The number of aromatic nitrogens is 1. The molecule has 1 saturated heterocycles. The van der Waals surface area contributed by atoms with Crippen molar-refractivity contribution in [1.82, 2.24) is 10.3 Å². The van der Waals surface area contributed by atoms with E-state index in [2.05, 4.69) is 10.3 Å². The van der Waals surface area contributed by atoms with Gasteiger partial charge in [-0.05, 0) is 32.0 Å². The molecule has 1 N–H and O–H groups in total. The molecule has 0 unspecified atom stereocenters. The first kappa shape index (κ1) is 7.68. The predicted molar refractivity (Wildman–Crippen MR) is 44.3 cm³/mol. The topological polar surface area (TPSA) is 24.9 Å². The van der Waals surface area contributed by atoms with Gasteiger partial charge in [0.2, 0.25) is 0 Å². The summed E-state index contributed by atoms with van der Waals surface area (Å²) in [5.74, 6) is -0.224. The largest absolute Gasteiger partial charge is 0.309 e. The van der Waals surface area contributed by atoms with Crippen LogP contribution in [0.1, 0.15) is 23.9 Å². The molecule has 1 aliphatic heterocycles. The fraction of sp³-hybridized carbons (Fsp3) is 0.444. The summed E-state index contributed by atoms with van der Waals surface area (Å²) in [6, 6.07) is 3.58. The lowest BCUT2D eigenvalue weighted by atomic mass is 10.0. The predicted octanol–water partition coefficient (Wildman–Crippen LogP) is 1.56. The molecule has 12 heavy (non-hydrogen) atoms. The molecule has 1 aromatic heterocycles. The second-order valence-corrected chi connectivity index (χ2v) is 3.10. The lowest BCUT2D eigenvalue weighted by Gasteiger charge is -2.27. The van der Waals surface area contributed by atoms with Crippen LogP contribution in [0.5, 0.6) is 0 Å². The smallest absolute Gasteiger partial charge is 0.144 e. The summed E-state index contributed by atoms with van der Waals surface area (Å²) in [5, 5.41) is 3.22. The zero-order chi connectivity index (χ0) is 8.55. The number of halogens is 1. The fourth-order valence-electron chi connectivity index (χ4n) is 1.30. The van der Waals surface area contributed by atoms with Gasteiger partial charge in [0.25, 0.3) is 0 Å². The molecule has 0 spiro atoms. The van der Waals surface area contributed by atoms with Gasteiger partial charge in [0, 0.05) is 0 Å². The molecule has 0 aromatic carbocycles. The van der Waals surface area contributed by atoms with Crippen molar-refractivity contribution in [3.63, 3.8) is 0 Å². The van der Waals surface area contributed by atoms with Crippen molar-refractivity contribution in [2.75, 3.05) is 6.54 Å². The van der Waals surface area contributed by atoms with Gasteiger partial charge in [-0.2, -0.15) is 0 Å². The number of aryl methyl sites for hydroxylation is 1. The molecule has 2 heterocycles. The SMILES string of the molecule is Cc1nc([C@H]2CCN2)ccc1F. The first-order chi connectivity index (χ1) is 5.77. The highest BCUT2D eigenvalue weighted by Gasteiger charge is 2.19. The fourth-order valence-corrected chi connectivity index (χ4v) is 1.30. The first-order valence-electron chi connectivity index (χ1n) is 4.14. The van der Waals surface area contributed by atoms with E-state index in [4.69, 9.17) is 0 Å². The van der Waals surface area contributed by atoms with Crippen molar-refractivity contribution in [1.29, 1.82) is 0 Å². The number of hydrogen-bond donors (Lipinski definition) is 1. The molecular weight excluding hydrogens is 155 g/mol. The maximum atomic E-state index is 12.8. The van der Waals surface area contributed by atoms with Gasteiger partial charge in [-0.1, -0.05) is 0 Å². The second kappa shape index (κ2) is 2.83. The van der Waals surface area contributed by atoms with Gasteiger partial charge in [0.1, 0.15) is 5.82 Å². The van der Waals surface area contributed by atoms with E-state index < -0.39 is 0 Å². The Morgan fingerprint density at radius 3 is 2.83 bits per heavy atom. The summed E-state index contributed by atoms with van der Waals surface area (Å²) in [6.45, 7) is 2.74. The summed E-state index contributed by atoms with van der Waals surface area (Å²) in [7, 11) is 0. The van der Waals surface area contributed by atoms with Crippen LogP contribution in [-0.4, -0.2) is 11.5 Å². The highest BCUT2D eigenvalue weighted by molar-refractivity contribution is 5.16. The van der Waals surface area contributed by atoms with Crippen LogP contribution in [0.3, 0.4) is 0 Å². The monoisotopic (exact) mass is 166 g/mol. The lowest BCUT2D eigenvalue weighted by molar-refractivity contribution is 0.373. The molecule has 3 heteroatoms. The van der Waals surface area contributed by atoms with E-state index in [1.165, 1.54) is 6.07 Å². The average Bonchev–Trinajstić information content (AvgIpc) is 1.93. The molecular formula is C9H11FN2. The summed E-state index contributed by atoms with van der Waals surface area (Å²) >= 11 is 0. The molecule has 1 fully saturated rings. The second-order valence-electron chi connectivity index (χ2n) is 3.10. The summed E-state index contributed by atoms with van der Waals surface area (Å²) in [5.41, 5.74) is 1.45. The van der Waals surface area contributed by atoms with Crippen molar-refractivity contribution in [3.8, 4) is 0 Å². The Labute approximate surface area is 70.8 Å². The van der Waals surface area contributed by atoms with E-state index in [9.17, 15) is 4.39 Å². The number of hydrogen-bond acceptors (Lipinski definition) is 2. The van der Waals surface area contributed by atoms with Gasteiger partial charge >= 0.3 is 0 Å². The first-order valence-corrected chi connectivity index (χ1v) is 4.14. The third-order valence-electron chi connectivity index (χ3n) is 2.22. The van der Waals surface area contributed by atoms with Crippen LogP contribution in [0.25, 0.3) is 0 Å². The highest BCUT2D eigenvalue weighted by Crippen LogP contribution is 2.21. The van der Waals surface area contributed by atoms with E-state index in [1.54, 1.807) is 13.0 Å². The third kappa shape index (κ3) is 1.20. The van der Waals surface area contributed by atoms with Crippen LogP contribution >= 0.6 is 0 Å². The number of pyridine rings is 1. The molecule has 0 aliphatic carbocycles. The third-order valence-corrected chi connectivity index (χ3v) is 2.22. The van der Waals surface area contributed by atoms with E-state index in [-0.39, 0.29) is 5.82 Å². The van der Waals surface area contributed by atoms with Gasteiger partial charge in [0.15, 0.2) is 0 Å². The Morgan fingerprint density at radius 1 is 1.58 bits per heavy atom. The van der Waals surface area contributed by atoms with Crippen molar-refractivity contribution in [3.05, 3.63) is 29.3 Å². The standard InChI is InChI=1S/C9H11FN2/c1-6-7(10)2-3-9(12-6)8-4-5-11-8/h2-3,8,11H,4-5H2,1H3/t8-/m1/s1. The minimum atomic E-state index is -0.224. The lowest BCUT2D eigenvalue weighted by Crippen LogP contribution is -2.35. The molecule has 0 saturated carbocycles. The quantitative estimate of drug-likeness (QED) is 0.684. The Bertz CT molecular complexity index is 295. The van der Waals surface area contributed by atoms with Crippen LogP contribution < -0.4 is 5.32 Å².